The van der Waals surface area contributed by atoms with Crippen molar-refractivity contribution in [1.82, 2.24) is 5.32 Å². The number of fused-ring (bicyclic) bond motifs is 3. The lowest BCUT2D eigenvalue weighted by atomic mass is 9.98. The highest BCUT2D eigenvalue weighted by molar-refractivity contribution is 5.81. The average Bonchev–Trinajstić information content (AvgIpc) is 3.41. The number of carboxylic acids is 1. The second-order valence-electron chi connectivity index (χ2n) is 6.92. The Labute approximate surface area is 169 Å². The van der Waals surface area contributed by atoms with Crippen molar-refractivity contribution in [1.29, 1.82) is 0 Å². The van der Waals surface area contributed by atoms with Crippen LogP contribution in [0.5, 0.6) is 0 Å². The van der Waals surface area contributed by atoms with E-state index >= 15 is 0 Å². The molecule has 1 aliphatic carbocycles. The molecule has 1 fully saturated rings. The molecule has 1 atom stereocenters. The van der Waals surface area contributed by atoms with Gasteiger partial charge in [0.25, 0.3) is 0 Å². The van der Waals surface area contributed by atoms with Gasteiger partial charge in [-0.25, -0.2) is 9.59 Å². The van der Waals surface area contributed by atoms with Gasteiger partial charge in [-0.05, 0) is 35.1 Å². The SMILES string of the molecule is C1CCOC1.NC[C@H](NC(=O)OCC1c2ccccc2-c2ccccc21)C(=O)O. The van der Waals surface area contributed by atoms with Gasteiger partial charge in [-0.3, -0.25) is 0 Å². The molecule has 0 aromatic heterocycles. The molecule has 0 spiro atoms. The van der Waals surface area contributed by atoms with Crippen molar-refractivity contribution >= 4 is 12.1 Å². The van der Waals surface area contributed by atoms with Crippen LogP contribution in [0.2, 0.25) is 0 Å². The van der Waals surface area contributed by atoms with Crippen LogP contribution in [0.25, 0.3) is 11.1 Å². The van der Waals surface area contributed by atoms with Gasteiger partial charge < -0.3 is 25.6 Å². The molecule has 4 N–H and O–H groups in total. The predicted octanol–water partition coefficient (Wildman–Crippen LogP) is 2.73. The molecular formula is C22H26N2O5. The van der Waals surface area contributed by atoms with Crippen LogP contribution >= 0.6 is 0 Å². The summed E-state index contributed by atoms with van der Waals surface area (Å²) in [6.07, 6.45) is 1.77. The molecule has 0 radical (unpaired) electrons. The lowest BCUT2D eigenvalue weighted by Crippen LogP contribution is -2.46. The van der Waals surface area contributed by atoms with Crippen LogP contribution in [0, 0.1) is 0 Å². The van der Waals surface area contributed by atoms with Crippen LogP contribution in [0.1, 0.15) is 29.9 Å². The molecule has 2 aromatic carbocycles. The summed E-state index contributed by atoms with van der Waals surface area (Å²) in [5, 5.41) is 11.2. The molecule has 1 amide bonds. The van der Waals surface area contributed by atoms with Crippen molar-refractivity contribution in [3.8, 4) is 11.1 Å². The van der Waals surface area contributed by atoms with Crippen LogP contribution in [0.15, 0.2) is 48.5 Å². The maximum absolute atomic E-state index is 11.8. The van der Waals surface area contributed by atoms with Gasteiger partial charge >= 0.3 is 12.1 Å². The van der Waals surface area contributed by atoms with Gasteiger partial charge in [0, 0.05) is 25.7 Å². The fourth-order valence-electron chi connectivity index (χ4n) is 3.51. The highest BCUT2D eigenvalue weighted by atomic mass is 16.5. The number of nitrogens with one attached hydrogen (secondary N) is 1. The van der Waals surface area contributed by atoms with E-state index in [9.17, 15) is 9.59 Å². The first-order chi connectivity index (χ1) is 14.1. The molecule has 0 bridgehead atoms. The maximum Gasteiger partial charge on any atom is 0.407 e. The number of ether oxygens (including phenoxy) is 2. The van der Waals surface area contributed by atoms with E-state index in [-0.39, 0.29) is 19.1 Å². The predicted molar refractivity (Wildman–Crippen MR) is 109 cm³/mol. The fraction of sp³-hybridized carbons (Fsp3) is 0.364. The topological polar surface area (TPSA) is 111 Å². The summed E-state index contributed by atoms with van der Waals surface area (Å²) in [5.41, 5.74) is 9.77. The Morgan fingerprint density at radius 1 is 1.07 bits per heavy atom. The van der Waals surface area contributed by atoms with Crippen LogP contribution in [0.3, 0.4) is 0 Å². The van der Waals surface area contributed by atoms with Crippen LogP contribution in [0.4, 0.5) is 4.79 Å². The second-order valence-corrected chi connectivity index (χ2v) is 6.92. The first-order valence-electron chi connectivity index (χ1n) is 9.74. The molecule has 2 aliphatic rings. The van der Waals surface area contributed by atoms with Crippen LogP contribution in [-0.4, -0.2) is 49.6 Å². The number of rotatable bonds is 5. The number of carbonyl (C=O) groups is 2. The number of carboxylic acid groups (broad SMARTS) is 1. The molecule has 0 unspecified atom stereocenters. The summed E-state index contributed by atoms with van der Waals surface area (Å²) in [6, 6.07) is 14.8. The van der Waals surface area contributed by atoms with Crippen molar-refractivity contribution in [3.05, 3.63) is 59.7 Å². The second kappa shape index (κ2) is 10.0. The van der Waals surface area contributed by atoms with Gasteiger partial charge in [0.05, 0.1) is 0 Å². The Morgan fingerprint density at radius 3 is 2.07 bits per heavy atom. The third-order valence-corrected chi connectivity index (χ3v) is 5.00. The minimum absolute atomic E-state index is 0.0655. The van der Waals surface area contributed by atoms with E-state index in [4.69, 9.17) is 20.3 Å². The monoisotopic (exact) mass is 398 g/mol. The lowest BCUT2D eigenvalue weighted by molar-refractivity contribution is -0.139. The Bertz CT molecular complexity index is 797. The van der Waals surface area contributed by atoms with Crippen LogP contribution < -0.4 is 11.1 Å². The molecule has 1 heterocycles. The van der Waals surface area contributed by atoms with E-state index in [0.717, 1.165) is 35.5 Å². The lowest BCUT2D eigenvalue weighted by Gasteiger charge is -2.16. The molecule has 154 valence electrons. The number of hydrogen-bond acceptors (Lipinski definition) is 5. The Kier molecular flexibility index (Phi) is 7.21. The summed E-state index contributed by atoms with van der Waals surface area (Å²) >= 11 is 0. The smallest absolute Gasteiger partial charge is 0.407 e. The molecule has 7 heteroatoms. The number of alkyl carbamates (subject to hydrolysis) is 1. The highest BCUT2D eigenvalue weighted by Crippen LogP contribution is 2.44. The quantitative estimate of drug-likeness (QED) is 0.714. The van der Waals surface area contributed by atoms with Crippen LogP contribution in [-0.2, 0) is 14.3 Å². The fourth-order valence-corrected chi connectivity index (χ4v) is 3.51. The number of aliphatic carboxylic acids is 1. The first-order valence-corrected chi connectivity index (χ1v) is 9.74. The van der Waals surface area contributed by atoms with E-state index < -0.39 is 18.1 Å². The standard InChI is InChI=1S/C18H18N2O4.C4H8O/c19-9-16(17(21)22)20-18(23)24-10-15-13-7-3-1-5-11(13)12-6-2-4-8-14(12)15;1-2-4-5-3-1/h1-8,15-16H,9-10,19H2,(H,20,23)(H,21,22);1-4H2/t16-;/m0./s1. The molecule has 29 heavy (non-hydrogen) atoms. The number of benzene rings is 2. The largest absolute Gasteiger partial charge is 0.480 e. The molecule has 1 aliphatic heterocycles. The Balaban J connectivity index is 0.000000419. The average molecular weight is 398 g/mol. The van der Waals surface area contributed by atoms with Crippen molar-refractivity contribution in [2.24, 2.45) is 5.73 Å². The van der Waals surface area contributed by atoms with Gasteiger partial charge in [-0.2, -0.15) is 0 Å². The van der Waals surface area contributed by atoms with Gasteiger partial charge in [-0.1, -0.05) is 48.5 Å². The van der Waals surface area contributed by atoms with Crippen molar-refractivity contribution in [3.63, 3.8) is 0 Å². The molecule has 7 nitrogen and oxygen atoms in total. The highest BCUT2D eigenvalue weighted by Gasteiger charge is 2.29. The van der Waals surface area contributed by atoms with Gasteiger partial charge in [0.1, 0.15) is 12.6 Å². The minimum Gasteiger partial charge on any atom is -0.480 e. The third-order valence-electron chi connectivity index (χ3n) is 5.00. The number of amides is 1. The zero-order chi connectivity index (χ0) is 20.6. The van der Waals surface area contributed by atoms with E-state index in [1.54, 1.807) is 0 Å². The first kappa shape index (κ1) is 20.8. The van der Waals surface area contributed by atoms with Gasteiger partial charge in [0.2, 0.25) is 0 Å². The molecular weight excluding hydrogens is 372 g/mol. The van der Waals surface area contributed by atoms with Gasteiger partial charge in [0.15, 0.2) is 0 Å². The van der Waals surface area contributed by atoms with Crippen molar-refractivity contribution in [2.45, 2.75) is 24.8 Å². The van der Waals surface area contributed by atoms with Crippen molar-refractivity contribution < 1.29 is 24.2 Å². The summed E-state index contributed by atoms with van der Waals surface area (Å²) in [6.45, 7) is 1.94. The minimum atomic E-state index is -1.19. The summed E-state index contributed by atoms with van der Waals surface area (Å²) in [5.74, 6) is -1.25. The zero-order valence-electron chi connectivity index (χ0n) is 16.2. The normalized spacial score (nSPS) is 15.5. The Morgan fingerprint density at radius 2 is 1.62 bits per heavy atom. The number of nitrogens with two attached hydrogens (primary N) is 1. The Hall–Kier alpha value is -2.90. The van der Waals surface area contributed by atoms with Gasteiger partial charge in [-0.15, -0.1) is 0 Å². The summed E-state index contributed by atoms with van der Waals surface area (Å²) < 4.78 is 10.2. The number of carbonyl (C=O) groups excluding carboxylic acids is 1. The van der Waals surface area contributed by atoms with Crippen molar-refractivity contribution in [2.75, 3.05) is 26.4 Å². The maximum atomic E-state index is 11.8. The summed E-state index contributed by atoms with van der Waals surface area (Å²) in [7, 11) is 0. The van der Waals surface area contributed by atoms with E-state index in [1.165, 1.54) is 12.8 Å². The van der Waals surface area contributed by atoms with E-state index in [0.29, 0.717) is 0 Å². The van der Waals surface area contributed by atoms with E-state index in [2.05, 4.69) is 5.32 Å². The molecule has 2 aromatic rings. The molecule has 4 rings (SSSR count). The zero-order valence-corrected chi connectivity index (χ0v) is 16.2. The molecule has 0 saturated carbocycles. The number of hydrogen-bond donors (Lipinski definition) is 3. The van der Waals surface area contributed by atoms with E-state index in [1.807, 2.05) is 48.5 Å². The third kappa shape index (κ3) is 5.13. The summed E-state index contributed by atoms with van der Waals surface area (Å²) in [4.78, 5) is 22.7. The molecule has 1 saturated heterocycles.